The number of carbonyl (C=O) groups is 1. The van der Waals surface area contributed by atoms with Gasteiger partial charge in [0.25, 0.3) is 0 Å². The Balaban J connectivity index is 1.56. The number of amides is 1. The van der Waals surface area contributed by atoms with Gasteiger partial charge in [-0.15, -0.1) is 5.10 Å². The third kappa shape index (κ3) is 3.66. The van der Waals surface area contributed by atoms with Gasteiger partial charge in [0.2, 0.25) is 11.8 Å². The molecule has 1 aromatic carbocycles. The lowest BCUT2D eigenvalue weighted by Crippen LogP contribution is -2.43. The third-order valence-electron chi connectivity index (χ3n) is 5.22. The van der Waals surface area contributed by atoms with Crippen molar-refractivity contribution in [2.75, 3.05) is 36.4 Å². The van der Waals surface area contributed by atoms with Crippen molar-refractivity contribution in [3.63, 3.8) is 0 Å². The Labute approximate surface area is 177 Å². The zero-order valence-corrected chi connectivity index (χ0v) is 17.2. The highest BCUT2D eigenvalue weighted by molar-refractivity contribution is 6.04. The molecule has 0 atom stereocenters. The molecule has 3 aromatic heterocycles. The number of pyridine rings is 1. The van der Waals surface area contributed by atoms with Gasteiger partial charge >= 0.3 is 0 Å². The average Bonchev–Trinajstić information content (AvgIpc) is 3.31. The maximum Gasteiger partial charge on any atom is 0.248 e. The van der Waals surface area contributed by atoms with Gasteiger partial charge in [-0.3, -0.25) is 9.89 Å². The van der Waals surface area contributed by atoms with E-state index < -0.39 is 5.82 Å². The Morgan fingerprint density at radius 3 is 2.81 bits per heavy atom. The van der Waals surface area contributed by atoms with E-state index in [0.29, 0.717) is 16.8 Å². The summed E-state index contributed by atoms with van der Waals surface area (Å²) in [7, 11) is 0. The fraction of sp³-hybridized carbons (Fsp3) is 0.286. The predicted octanol–water partition coefficient (Wildman–Crippen LogP) is 2.82. The largest absolute Gasteiger partial charge is 0.435 e. The first-order valence-electron chi connectivity index (χ1n) is 10.1. The van der Waals surface area contributed by atoms with Crippen LogP contribution in [0.5, 0.6) is 11.6 Å². The zero-order valence-electron chi connectivity index (χ0n) is 17.2. The number of hydrogen-bond donors (Lipinski definition) is 3. The second-order valence-corrected chi connectivity index (χ2v) is 7.60. The third-order valence-corrected chi connectivity index (χ3v) is 5.22. The number of fused-ring (bicyclic) bond motifs is 2. The number of aromatic amines is 1. The second-order valence-electron chi connectivity index (χ2n) is 7.60. The zero-order chi connectivity index (χ0) is 21.5. The SMILES string of the molecule is CC(=O)Nc1cc(N2CCNCC2)cc2[nH]nc(Oc3cc(F)c4nc(C)cn4c3)c12. The number of piperazine rings is 1. The summed E-state index contributed by atoms with van der Waals surface area (Å²) < 4.78 is 22.0. The lowest BCUT2D eigenvalue weighted by molar-refractivity contribution is -0.114. The van der Waals surface area contributed by atoms with Crippen LogP contribution in [0.3, 0.4) is 0 Å². The normalized spacial score (nSPS) is 14.4. The molecule has 0 unspecified atom stereocenters. The summed E-state index contributed by atoms with van der Waals surface area (Å²) >= 11 is 0. The summed E-state index contributed by atoms with van der Waals surface area (Å²) in [5, 5.41) is 14.1. The number of halogens is 1. The van der Waals surface area contributed by atoms with Gasteiger partial charge < -0.3 is 24.7 Å². The van der Waals surface area contributed by atoms with E-state index in [4.69, 9.17) is 4.74 Å². The van der Waals surface area contributed by atoms with Gasteiger partial charge in [-0.25, -0.2) is 9.37 Å². The van der Waals surface area contributed by atoms with Crippen molar-refractivity contribution in [1.29, 1.82) is 0 Å². The molecule has 31 heavy (non-hydrogen) atoms. The molecule has 10 heteroatoms. The average molecular weight is 423 g/mol. The van der Waals surface area contributed by atoms with Crippen LogP contribution in [0.4, 0.5) is 15.8 Å². The Bertz CT molecular complexity index is 1290. The van der Waals surface area contributed by atoms with Crippen LogP contribution < -0.4 is 20.3 Å². The number of aromatic nitrogens is 4. The number of nitrogens with zero attached hydrogens (tertiary/aromatic N) is 4. The smallest absolute Gasteiger partial charge is 0.248 e. The van der Waals surface area contributed by atoms with Crippen LogP contribution in [0.25, 0.3) is 16.6 Å². The van der Waals surface area contributed by atoms with Crippen LogP contribution in [-0.4, -0.2) is 51.7 Å². The first-order valence-corrected chi connectivity index (χ1v) is 10.1. The Kier molecular flexibility index (Phi) is 4.70. The van der Waals surface area contributed by atoms with Crippen molar-refractivity contribution in [1.82, 2.24) is 24.9 Å². The number of anilines is 2. The van der Waals surface area contributed by atoms with Crippen molar-refractivity contribution in [2.24, 2.45) is 0 Å². The van der Waals surface area contributed by atoms with E-state index in [9.17, 15) is 9.18 Å². The van der Waals surface area contributed by atoms with Gasteiger partial charge in [0.15, 0.2) is 11.5 Å². The maximum absolute atomic E-state index is 14.5. The highest BCUT2D eigenvalue weighted by atomic mass is 19.1. The maximum atomic E-state index is 14.5. The fourth-order valence-electron chi connectivity index (χ4n) is 3.90. The van der Waals surface area contributed by atoms with Gasteiger partial charge in [0.05, 0.1) is 28.5 Å². The van der Waals surface area contributed by atoms with Crippen LogP contribution in [0.2, 0.25) is 0 Å². The summed E-state index contributed by atoms with van der Waals surface area (Å²) in [4.78, 5) is 18.3. The summed E-state index contributed by atoms with van der Waals surface area (Å²) in [5.74, 6) is -0.169. The van der Waals surface area contributed by atoms with Crippen molar-refractivity contribution in [3.05, 3.63) is 42.1 Å². The number of rotatable bonds is 4. The van der Waals surface area contributed by atoms with E-state index in [-0.39, 0.29) is 23.2 Å². The van der Waals surface area contributed by atoms with E-state index in [1.165, 1.54) is 13.0 Å². The second kappa shape index (κ2) is 7.55. The fourth-order valence-corrected chi connectivity index (χ4v) is 3.90. The highest BCUT2D eigenvalue weighted by Crippen LogP contribution is 2.37. The first-order chi connectivity index (χ1) is 15.0. The molecule has 5 rings (SSSR count). The molecule has 1 saturated heterocycles. The molecule has 1 aliphatic rings. The van der Waals surface area contributed by atoms with Gasteiger partial charge in [-0.05, 0) is 19.1 Å². The molecule has 0 bridgehead atoms. The topological polar surface area (TPSA) is 99.6 Å². The Morgan fingerprint density at radius 1 is 1.23 bits per heavy atom. The Morgan fingerprint density at radius 2 is 2.03 bits per heavy atom. The molecule has 0 saturated carbocycles. The van der Waals surface area contributed by atoms with Gasteiger partial charge in [0, 0.05) is 51.1 Å². The molecule has 9 nitrogen and oxygen atoms in total. The molecular weight excluding hydrogens is 401 g/mol. The minimum absolute atomic E-state index is 0.202. The number of benzene rings is 1. The first kappa shape index (κ1) is 19.3. The number of H-pyrrole nitrogens is 1. The van der Waals surface area contributed by atoms with Crippen molar-refractivity contribution in [2.45, 2.75) is 13.8 Å². The number of imidazole rings is 1. The predicted molar refractivity (Wildman–Crippen MR) is 115 cm³/mol. The van der Waals surface area contributed by atoms with Crippen LogP contribution >= 0.6 is 0 Å². The lowest BCUT2D eigenvalue weighted by atomic mass is 10.1. The number of hydrogen-bond acceptors (Lipinski definition) is 6. The molecule has 3 N–H and O–H groups in total. The van der Waals surface area contributed by atoms with Crippen molar-refractivity contribution in [3.8, 4) is 11.6 Å². The van der Waals surface area contributed by atoms with E-state index in [1.54, 1.807) is 23.7 Å². The summed E-state index contributed by atoms with van der Waals surface area (Å²) in [6.45, 7) is 6.77. The van der Waals surface area contributed by atoms with Crippen molar-refractivity contribution < 1.29 is 13.9 Å². The number of ether oxygens (including phenoxy) is 1. The van der Waals surface area contributed by atoms with Gasteiger partial charge in [-0.2, -0.15) is 0 Å². The Hall–Kier alpha value is -3.66. The highest BCUT2D eigenvalue weighted by Gasteiger charge is 2.19. The molecule has 4 aromatic rings. The van der Waals surface area contributed by atoms with Crippen LogP contribution in [-0.2, 0) is 4.79 Å². The number of carbonyl (C=O) groups excluding carboxylic acids is 1. The van der Waals surface area contributed by atoms with E-state index >= 15 is 0 Å². The van der Waals surface area contributed by atoms with E-state index in [1.807, 2.05) is 12.1 Å². The van der Waals surface area contributed by atoms with Gasteiger partial charge in [-0.1, -0.05) is 0 Å². The monoisotopic (exact) mass is 423 g/mol. The quantitative estimate of drug-likeness (QED) is 0.467. The van der Waals surface area contributed by atoms with Gasteiger partial charge in [0.1, 0.15) is 5.75 Å². The lowest BCUT2D eigenvalue weighted by Gasteiger charge is -2.29. The van der Waals surface area contributed by atoms with E-state index in [2.05, 4.69) is 30.7 Å². The summed E-state index contributed by atoms with van der Waals surface area (Å²) in [5.41, 5.74) is 3.22. The minimum Gasteiger partial charge on any atom is -0.435 e. The van der Waals surface area contributed by atoms with Crippen LogP contribution in [0, 0.1) is 12.7 Å². The molecule has 1 aliphatic heterocycles. The van der Waals surface area contributed by atoms with Crippen molar-refractivity contribution >= 4 is 33.8 Å². The number of nitrogens with one attached hydrogen (secondary N) is 3. The molecule has 0 spiro atoms. The number of aryl methyl sites for hydroxylation is 1. The molecule has 1 fully saturated rings. The minimum atomic E-state index is -0.492. The van der Waals surface area contributed by atoms with Crippen LogP contribution in [0.15, 0.2) is 30.6 Å². The van der Waals surface area contributed by atoms with Crippen LogP contribution in [0.1, 0.15) is 12.6 Å². The molecule has 160 valence electrons. The molecule has 0 aliphatic carbocycles. The summed E-state index contributed by atoms with van der Waals surface area (Å²) in [6, 6.07) is 5.17. The standard InChI is InChI=1S/C21H22FN7O2/c1-12-10-29-11-15(9-16(22)20(29)24-12)31-21-19-17(25-13(2)30)7-14(8-18(19)26-27-21)28-5-3-23-4-6-28/h7-11,23H,3-6H2,1-2H3,(H,25,30)(H,26,27). The molecule has 4 heterocycles. The molecular formula is C21H22FN7O2. The summed E-state index contributed by atoms with van der Waals surface area (Å²) in [6.07, 6.45) is 3.36. The molecule has 1 amide bonds. The molecule has 0 radical (unpaired) electrons. The van der Waals surface area contributed by atoms with E-state index in [0.717, 1.165) is 37.4 Å².